The molecule has 0 fully saturated rings. The Morgan fingerprint density at radius 2 is 1.75 bits per heavy atom. The van der Waals surface area contributed by atoms with Gasteiger partial charge in [0.1, 0.15) is 0 Å². The van der Waals surface area contributed by atoms with E-state index in [1.807, 2.05) is 0 Å². The smallest absolute Gasteiger partial charge is 0.203 e. The highest BCUT2D eigenvalue weighted by Gasteiger charge is 2.32. The molecule has 0 saturated heterocycles. The first-order valence-electron chi connectivity index (χ1n) is 9.85. The molecule has 1 aliphatic rings. The van der Waals surface area contributed by atoms with Crippen molar-refractivity contribution in [1.29, 1.82) is 0 Å². The summed E-state index contributed by atoms with van der Waals surface area (Å²) in [6.07, 6.45) is 2.16. The Balaban J connectivity index is 1.91. The molecule has 0 saturated carbocycles. The molecule has 1 N–H and O–H groups in total. The third-order valence-corrected chi connectivity index (χ3v) is 5.65. The molecule has 5 nitrogen and oxygen atoms in total. The maximum atomic E-state index is 5.62. The number of methoxy groups -OCH3 is 3. The first-order valence-corrected chi connectivity index (χ1v) is 9.85. The van der Waals surface area contributed by atoms with Crippen molar-refractivity contribution in [2.45, 2.75) is 25.8 Å². The zero-order valence-corrected chi connectivity index (χ0v) is 17.0. The van der Waals surface area contributed by atoms with Gasteiger partial charge in [-0.05, 0) is 48.7 Å². The van der Waals surface area contributed by atoms with Crippen LogP contribution in [-0.4, -0.2) is 44.3 Å². The lowest BCUT2D eigenvalue weighted by Crippen LogP contribution is -2.36. The number of H-pyrrole nitrogens is 1. The summed E-state index contributed by atoms with van der Waals surface area (Å²) < 4.78 is 16.8. The van der Waals surface area contributed by atoms with Crippen LogP contribution in [0.1, 0.15) is 36.2 Å². The number of aromatic nitrogens is 1. The summed E-state index contributed by atoms with van der Waals surface area (Å²) in [6.45, 7) is 4.30. The highest BCUT2D eigenvalue weighted by atomic mass is 16.5. The molecule has 4 rings (SSSR count). The predicted octanol–water partition coefficient (Wildman–Crippen LogP) is 4.55. The average molecular weight is 380 g/mol. The lowest BCUT2D eigenvalue weighted by Gasteiger charge is -2.36. The number of ether oxygens (including phenoxy) is 3. The Kier molecular flexibility index (Phi) is 5.18. The Morgan fingerprint density at radius 3 is 2.39 bits per heavy atom. The van der Waals surface area contributed by atoms with Crippen LogP contribution in [0.2, 0.25) is 0 Å². The summed E-state index contributed by atoms with van der Waals surface area (Å²) in [6, 6.07) is 12.9. The zero-order valence-electron chi connectivity index (χ0n) is 17.0. The van der Waals surface area contributed by atoms with E-state index >= 15 is 0 Å². The van der Waals surface area contributed by atoms with E-state index in [9.17, 15) is 0 Å². The van der Waals surface area contributed by atoms with E-state index < -0.39 is 0 Å². The van der Waals surface area contributed by atoms with Crippen LogP contribution in [0, 0.1) is 0 Å². The van der Waals surface area contributed by atoms with Crippen LogP contribution in [0.4, 0.5) is 0 Å². The van der Waals surface area contributed by atoms with Gasteiger partial charge in [0.05, 0.1) is 27.4 Å². The molecule has 28 heavy (non-hydrogen) atoms. The van der Waals surface area contributed by atoms with Gasteiger partial charge in [0.2, 0.25) is 5.75 Å². The Hall–Kier alpha value is -2.66. The van der Waals surface area contributed by atoms with Gasteiger partial charge in [0.25, 0.3) is 0 Å². The van der Waals surface area contributed by atoms with Crippen molar-refractivity contribution in [1.82, 2.24) is 9.88 Å². The van der Waals surface area contributed by atoms with E-state index in [0.29, 0.717) is 17.2 Å². The molecule has 1 aromatic heterocycles. The van der Waals surface area contributed by atoms with Crippen LogP contribution >= 0.6 is 0 Å². The number of hydrogen-bond acceptors (Lipinski definition) is 4. The second-order valence-corrected chi connectivity index (χ2v) is 7.21. The largest absolute Gasteiger partial charge is 0.493 e. The van der Waals surface area contributed by atoms with Crippen molar-refractivity contribution in [3.8, 4) is 17.2 Å². The number of aromatic amines is 1. The van der Waals surface area contributed by atoms with Crippen molar-refractivity contribution in [2.75, 3.05) is 34.4 Å². The normalized spacial score (nSPS) is 16.8. The number of rotatable bonds is 6. The Labute approximate surface area is 166 Å². The van der Waals surface area contributed by atoms with Crippen molar-refractivity contribution in [3.63, 3.8) is 0 Å². The van der Waals surface area contributed by atoms with Gasteiger partial charge >= 0.3 is 0 Å². The van der Waals surface area contributed by atoms with Gasteiger partial charge in [0.15, 0.2) is 11.5 Å². The van der Waals surface area contributed by atoms with Gasteiger partial charge in [-0.25, -0.2) is 0 Å². The maximum Gasteiger partial charge on any atom is 0.203 e. The van der Waals surface area contributed by atoms with E-state index in [1.54, 1.807) is 21.3 Å². The number of nitrogens with one attached hydrogen (secondary N) is 1. The van der Waals surface area contributed by atoms with Crippen LogP contribution in [0.15, 0.2) is 36.4 Å². The molecular formula is C23H28N2O3. The minimum atomic E-state index is 0.129. The summed E-state index contributed by atoms with van der Waals surface area (Å²) in [4.78, 5) is 6.24. The molecule has 0 bridgehead atoms. The highest BCUT2D eigenvalue weighted by molar-refractivity contribution is 5.85. The monoisotopic (exact) mass is 380 g/mol. The van der Waals surface area contributed by atoms with Gasteiger partial charge in [-0.3, -0.25) is 4.90 Å². The molecule has 2 aromatic carbocycles. The topological polar surface area (TPSA) is 46.7 Å². The van der Waals surface area contributed by atoms with Crippen molar-refractivity contribution in [3.05, 3.63) is 53.2 Å². The van der Waals surface area contributed by atoms with Crippen LogP contribution in [-0.2, 0) is 6.42 Å². The third kappa shape index (κ3) is 3.00. The summed E-state index contributed by atoms with van der Waals surface area (Å²) >= 11 is 0. The van der Waals surface area contributed by atoms with Crippen molar-refractivity contribution >= 4 is 10.9 Å². The summed E-state index contributed by atoms with van der Waals surface area (Å²) in [7, 11) is 4.97. The first-order chi connectivity index (χ1) is 13.7. The molecule has 1 unspecified atom stereocenters. The van der Waals surface area contributed by atoms with Crippen LogP contribution in [0.5, 0.6) is 17.2 Å². The van der Waals surface area contributed by atoms with E-state index in [4.69, 9.17) is 14.2 Å². The number of nitrogens with zero attached hydrogens (tertiary/aromatic N) is 1. The van der Waals surface area contributed by atoms with Gasteiger partial charge in [-0.15, -0.1) is 0 Å². The van der Waals surface area contributed by atoms with Gasteiger partial charge < -0.3 is 19.2 Å². The number of fused-ring (bicyclic) bond motifs is 3. The molecule has 0 radical (unpaired) electrons. The molecule has 1 aliphatic heterocycles. The number of benzene rings is 2. The van der Waals surface area contributed by atoms with E-state index in [0.717, 1.165) is 31.5 Å². The number of para-hydroxylation sites is 1. The Morgan fingerprint density at radius 1 is 1.04 bits per heavy atom. The number of hydrogen-bond donors (Lipinski definition) is 1. The molecule has 1 atom stereocenters. The van der Waals surface area contributed by atoms with E-state index in [2.05, 4.69) is 53.2 Å². The minimum Gasteiger partial charge on any atom is -0.493 e. The molecule has 0 spiro atoms. The standard InChI is InChI=1S/C23H28N2O3/c1-5-11-25-12-10-17-16-8-6-7-9-18(16)24-21(17)22(25)15-13-19(26-2)23(28-4)20(14-15)27-3/h6-9,13-14,22,24H,5,10-12H2,1-4H3. The van der Waals surface area contributed by atoms with Crippen molar-refractivity contribution < 1.29 is 14.2 Å². The quantitative estimate of drug-likeness (QED) is 0.681. The molecule has 148 valence electrons. The minimum absolute atomic E-state index is 0.129. The lowest BCUT2D eigenvalue weighted by atomic mass is 9.91. The molecular weight excluding hydrogens is 352 g/mol. The predicted molar refractivity (Wildman–Crippen MR) is 112 cm³/mol. The van der Waals surface area contributed by atoms with Crippen LogP contribution in [0.3, 0.4) is 0 Å². The molecule has 3 aromatic rings. The molecule has 0 amide bonds. The summed E-state index contributed by atoms with van der Waals surface area (Å²) in [5, 5.41) is 1.33. The summed E-state index contributed by atoms with van der Waals surface area (Å²) in [5.41, 5.74) is 5.04. The SMILES string of the molecule is CCCN1CCc2c([nH]c3ccccc23)C1c1cc(OC)c(OC)c(OC)c1. The second kappa shape index (κ2) is 7.76. The third-order valence-electron chi connectivity index (χ3n) is 5.65. The second-order valence-electron chi connectivity index (χ2n) is 7.21. The van der Waals surface area contributed by atoms with Crippen LogP contribution in [0.25, 0.3) is 10.9 Å². The summed E-state index contributed by atoms with van der Waals surface area (Å²) in [5.74, 6) is 2.01. The Bertz CT molecular complexity index is 954. The van der Waals surface area contributed by atoms with Crippen molar-refractivity contribution in [2.24, 2.45) is 0 Å². The molecule has 5 heteroatoms. The lowest BCUT2D eigenvalue weighted by molar-refractivity contribution is 0.210. The fourth-order valence-electron chi connectivity index (χ4n) is 4.46. The highest BCUT2D eigenvalue weighted by Crippen LogP contribution is 2.44. The molecule has 2 heterocycles. The molecule has 0 aliphatic carbocycles. The van der Waals surface area contributed by atoms with Gasteiger partial charge in [-0.1, -0.05) is 25.1 Å². The average Bonchev–Trinajstić information content (AvgIpc) is 3.11. The van der Waals surface area contributed by atoms with Crippen LogP contribution < -0.4 is 14.2 Å². The van der Waals surface area contributed by atoms with E-state index in [-0.39, 0.29) is 6.04 Å². The zero-order chi connectivity index (χ0) is 19.7. The first kappa shape index (κ1) is 18.7. The fraction of sp³-hybridized carbons (Fsp3) is 0.391. The fourth-order valence-corrected chi connectivity index (χ4v) is 4.46. The van der Waals surface area contributed by atoms with E-state index in [1.165, 1.54) is 22.2 Å². The van der Waals surface area contributed by atoms with Gasteiger partial charge in [0, 0.05) is 23.1 Å². The maximum absolute atomic E-state index is 5.62. The van der Waals surface area contributed by atoms with Gasteiger partial charge in [-0.2, -0.15) is 0 Å².